The molecule has 106 valence electrons. The van der Waals surface area contributed by atoms with Gasteiger partial charge in [-0.3, -0.25) is 4.79 Å². The van der Waals surface area contributed by atoms with Gasteiger partial charge in [-0.15, -0.1) is 0 Å². The van der Waals surface area contributed by atoms with E-state index in [0.717, 1.165) is 18.6 Å². The van der Waals surface area contributed by atoms with Crippen molar-refractivity contribution in [2.45, 2.75) is 46.0 Å². The number of hydrogen-bond donors (Lipinski definition) is 0. The third-order valence-corrected chi connectivity index (χ3v) is 3.07. The molecule has 0 aromatic heterocycles. The molecule has 19 heavy (non-hydrogen) atoms. The van der Waals surface area contributed by atoms with Crippen molar-refractivity contribution in [1.82, 2.24) is 0 Å². The Labute approximate surface area is 115 Å². The molecular weight excluding hydrogens is 240 g/mol. The molecule has 0 unspecified atom stereocenters. The Hall–Kier alpha value is -1.51. The standard InChI is InChI=1S/C16H24O3/c1-5-19-16(17)8-6-7-13-9-10-15(18-4)14(11-13)12(2)3/h9-12H,5-8H2,1-4H3. The van der Waals surface area contributed by atoms with Gasteiger partial charge < -0.3 is 9.47 Å². The van der Waals surface area contributed by atoms with Crippen molar-refractivity contribution >= 4 is 5.97 Å². The summed E-state index contributed by atoms with van der Waals surface area (Å²) in [6.45, 7) is 6.59. The number of ether oxygens (including phenoxy) is 2. The molecule has 0 heterocycles. The second kappa shape index (κ2) is 7.82. The van der Waals surface area contributed by atoms with Crippen LogP contribution in [0.1, 0.15) is 50.7 Å². The lowest BCUT2D eigenvalue weighted by atomic mass is 9.97. The quantitative estimate of drug-likeness (QED) is 0.704. The summed E-state index contributed by atoms with van der Waals surface area (Å²) in [6.07, 6.45) is 2.20. The van der Waals surface area contributed by atoms with Gasteiger partial charge in [0.05, 0.1) is 13.7 Å². The molecule has 0 aliphatic rings. The van der Waals surface area contributed by atoms with Gasteiger partial charge in [0, 0.05) is 6.42 Å². The van der Waals surface area contributed by atoms with E-state index in [1.807, 2.05) is 13.0 Å². The van der Waals surface area contributed by atoms with Crippen molar-refractivity contribution in [3.8, 4) is 5.75 Å². The van der Waals surface area contributed by atoms with E-state index < -0.39 is 0 Å². The molecule has 1 rings (SSSR count). The fourth-order valence-electron chi connectivity index (χ4n) is 2.06. The van der Waals surface area contributed by atoms with E-state index in [2.05, 4.69) is 26.0 Å². The topological polar surface area (TPSA) is 35.5 Å². The summed E-state index contributed by atoms with van der Waals surface area (Å²) in [6, 6.07) is 6.25. The summed E-state index contributed by atoms with van der Waals surface area (Å²) in [5, 5.41) is 0. The van der Waals surface area contributed by atoms with Crippen molar-refractivity contribution in [2.24, 2.45) is 0 Å². The number of carbonyl (C=O) groups is 1. The summed E-state index contributed by atoms with van der Waals surface area (Å²) in [7, 11) is 1.70. The van der Waals surface area contributed by atoms with Gasteiger partial charge in [-0.05, 0) is 42.9 Å². The van der Waals surface area contributed by atoms with Crippen LogP contribution in [0.25, 0.3) is 0 Å². The summed E-state index contributed by atoms with van der Waals surface area (Å²) >= 11 is 0. The van der Waals surface area contributed by atoms with Gasteiger partial charge in [0.25, 0.3) is 0 Å². The number of rotatable bonds is 7. The summed E-state index contributed by atoms with van der Waals surface area (Å²) in [5.74, 6) is 1.25. The minimum atomic E-state index is -0.111. The van der Waals surface area contributed by atoms with E-state index in [1.165, 1.54) is 11.1 Å². The molecule has 3 heteroatoms. The van der Waals surface area contributed by atoms with Crippen LogP contribution in [0.15, 0.2) is 18.2 Å². The second-order valence-electron chi connectivity index (χ2n) is 4.89. The van der Waals surface area contributed by atoms with Crippen LogP contribution in [0.5, 0.6) is 5.75 Å². The van der Waals surface area contributed by atoms with E-state index in [9.17, 15) is 4.79 Å². The lowest BCUT2D eigenvalue weighted by molar-refractivity contribution is -0.143. The molecule has 0 fully saturated rings. The number of aryl methyl sites for hydroxylation is 1. The third kappa shape index (κ3) is 4.93. The Bertz CT molecular complexity index is 410. The van der Waals surface area contributed by atoms with E-state index in [0.29, 0.717) is 18.9 Å². The van der Waals surface area contributed by atoms with Crippen LogP contribution in [0.4, 0.5) is 0 Å². The highest BCUT2D eigenvalue weighted by Crippen LogP contribution is 2.27. The highest BCUT2D eigenvalue weighted by molar-refractivity contribution is 5.69. The first-order valence-corrected chi connectivity index (χ1v) is 6.90. The highest BCUT2D eigenvalue weighted by atomic mass is 16.5. The van der Waals surface area contributed by atoms with Crippen molar-refractivity contribution in [2.75, 3.05) is 13.7 Å². The van der Waals surface area contributed by atoms with Crippen LogP contribution in [-0.4, -0.2) is 19.7 Å². The van der Waals surface area contributed by atoms with Crippen LogP contribution in [0.3, 0.4) is 0 Å². The number of carbonyl (C=O) groups excluding carboxylic acids is 1. The van der Waals surface area contributed by atoms with E-state index in [4.69, 9.17) is 9.47 Å². The Morgan fingerprint density at radius 3 is 2.63 bits per heavy atom. The number of benzene rings is 1. The molecule has 0 saturated heterocycles. The van der Waals surface area contributed by atoms with E-state index >= 15 is 0 Å². The smallest absolute Gasteiger partial charge is 0.305 e. The van der Waals surface area contributed by atoms with Gasteiger partial charge in [-0.25, -0.2) is 0 Å². The Morgan fingerprint density at radius 2 is 2.05 bits per heavy atom. The number of methoxy groups -OCH3 is 1. The largest absolute Gasteiger partial charge is 0.496 e. The maximum Gasteiger partial charge on any atom is 0.305 e. The fraction of sp³-hybridized carbons (Fsp3) is 0.562. The fourth-order valence-corrected chi connectivity index (χ4v) is 2.06. The molecule has 0 aliphatic carbocycles. The third-order valence-electron chi connectivity index (χ3n) is 3.07. The number of esters is 1. The van der Waals surface area contributed by atoms with E-state index in [-0.39, 0.29) is 5.97 Å². The summed E-state index contributed by atoms with van der Waals surface area (Å²) in [5.41, 5.74) is 2.46. The van der Waals surface area contributed by atoms with Crippen molar-refractivity contribution in [3.05, 3.63) is 29.3 Å². The zero-order valence-corrected chi connectivity index (χ0v) is 12.4. The number of hydrogen-bond acceptors (Lipinski definition) is 3. The summed E-state index contributed by atoms with van der Waals surface area (Å²) in [4.78, 5) is 11.3. The van der Waals surface area contributed by atoms with Crippen molar-refractivity contribution in [3.63, 3.8) is 0 Å². The first kappa shape index (κ1) is 15.5. The normalized spacial score (nSPS) is 10.6. The Morgan fingerprint density at radius 1 is 1.32 bits per heavy atom. The first-order chi connectivity index (χ1) is 9.08. The zero-order valence-electron chi connectivity index (χ0n) is 12.4. The predicted octanol–water partition coefficient (Wildman–Crippen LogP) is 3.70. The molecule has 0 amide bonds. The Balaban J connectivity index is 2.59. The minimum Gasteiger partial charge on any atom is -0.496 e. The average molecular weight is 264 g/mol. The van der Waals surface area contributed by atoms with Crippen LogP contribution in [0, 0.1) is 0 Å². The molecule has 1 aromatic rings. The monoisotopic (exact) mass is 264 g/mol. The Kier molecular flexibility index (Phi) is 6.40. The molecule has 0 atom stereocenters. The van der Waals surface area contributed by atoms with E-state index in [1.54, 1.807) is 7.11 Å². The molecule has 0 N–H and O–H groups in total. The molecule has 3 nitrogen and oxygen atoms in total. The van der Waals surface area contributed by atoms with Gasteiger partial charge in [0.15, 0.2) is 0 Å². The molecule has 0 spiro atoms. The molecule has 1 aromatic carbocycles. The van der Waals surface area contributed by atoms with Crippen molar-refractivity contribution in [1.29, 1.82) is 0 Å². The van der Waals surface area contributed by atoms with Crippen molar-refractivity contribution < 1.29 is 14.3 Å². The maximum absolute atomic E-state index is 11.3. The van der Waals surface area contributed by atoms with Crippen LogP contribution < -0.4 is 4.74 Å². The zero-order chi connectivity index (χ0) is 14.3. The van der Waals surface area contributed by atoms with Gasteiger partial charge in [-0.1, -0.05) is 26.0 Å². The van der Waals surface area contributed by atoms with Crippen LogP contribution >= 0.6 is 0 Å². The molecular formula is C16H24O3. The van der Waals surface area contributed by atoms with Gasteiger partial charge in [-0.2, -0.15) is 0 Å². The van der Waals surface area contributed by atoms with Gasteiger partial charge >= 0.3 is 5.97 Å². The predicted molar refractivity (Wildman–Crippen MR) is 76.7 cm³/mol. The van der Waals surface area contributed by atoms with Gasteiger partial charge in [0.2, 0.25) is 0 Å². The molecule has 0 aliphatic heterocycles. The van der Waals surface area contributed by atoms with Gasteiger partial charge in [0.1, 0.15) is 5.75 Å². The molecule has 0 saturated carbocycles. The van der Waals surface area contributed by atoms with Crippen LogP contribution in [0.2, 0.25) is 0 Å². The second-order valence-corrected chi connectivity index (χ2v) is 4.89. The van der Waals surface area contributed by atoms with Crippen LogP contribution in [-0.2, 0) is 16.0 Å². The molecule has 0 radical (unpaired) electrons. The average Bonchev–Trinajstić information content (AvgIpc) is 2.38. The molecule has 0 bridgehead atoms. The minimum absolute atomic E-state index is 0.111. The lowest BCUT2D eigenvalue weighted by Crippen LogP contribution is -2.04. The lowest BCUT2D eigenvalue weighted by Gasteiger charge is -2.13. The highest BCUT2D eigenvalue weighted by Gasteiger charge is 2.09. The maximum atomic E-state index is 11.3. The summed E-state index contributed by atoms with van der Waals surface area (Å²) < 4.78 is 10.3. The first-order valence-electron chi connectivity index (χ1n) is 6.90. The SMILES string of the molecule is CCOC(=O)CCCc1ccc(OC)c(C(C)C)c1.